The lowest BCUT2D eigenvalue weighted by Crippen LogP contribution is -1.99. The highest BCUT2D eigenvalue weighted by Crippen LogP contribution is 2.13. The molecule has 2 rings (SSSR count). The van der Waals surface area contributed by atoms with Crippen molar-refractivity contribution in [2.45, 2.75) is 20.4 Å². The molecule has 0 fully saturated rings. The van der Waals surface area contributed by atoms with Crippen LogP contribution in [0.1, 0.15) is 16.1 Å². The van der Waals surface area contributed by atoms with Gasteiger partial charge in [0.05, 0.1) is 23.9 Å². The molecule has 0 bridgehead atoms. The molecule has 0 saturated heterocycles. The zero-order chi connectivity index (χ0) is 9.26. The quantitative estimate of drug-likeness (QED) is 0.730. The maximum absolute atomic E-state index is 4.23. The van der Waals surface area contributed by atoms with E-state index in [0.717, 1.165) is 12.2 Å². The molecular weight excluding hydrogens is 182 g/mol. The topological polar surface area (TPSA) is 30.7 Å². The molecule has 4 heteroatoms. The van der Waals surface area contributed by atoms with Gasteiger partial charge in [0.2, 0.25) is 0 Å². The SMILES string of the molecule is Cc1cnn(Cc2scnc2C)c1. The Balaban J connectivity index is 2.19. The molecule has 0 atom stereocenters. The van der Waals surface area contributed by atoms with E-state index in [1.165, 1.54) is 10.4 Å². The molecule has 68 valence electrons. The van der Waals surface area contributed by atoms with E-state index in [0.29, 0.717) is 0 Å². The van der Waals surface area contributed by atoms with E-state index in [9.17, 15) is 0 Å². The van der Waals surface area contributed by atoms with E-state index < -0.39 is 0 Å². The normalized spacial score (nSPS) is 10.6. The van der Waals surface area contributed by atoms with Crippen LogP contribution in [0.15, 0.2) is 17.9 Å². The molecule has 0 unspecified atom stereocenters. The van der Waals surface area contributed by atoms with E-state index >= 15 is 0 Å². The molecule has 0 spiro atoms. The number of aromatic nitrogens is 3. The van der Waals surface area contributed by atoms with Gasteiger partial charge in [0, 0.05) is 11.1 Å². The lowest BCUT2D eigenvalue weighted by molar-refractivity contribution is 0.690. The minimum Gasteiger partial charge on any atom is -0.267 e. The third-order valence-corrected chi connectivity index (χ3v) is 2.83. The van der Waals surface area contributed by atoms with Crippen LogP contribution in [0, 0.1) is 13.8 Å². The minimum atomic E-state index is 0.838. The molecule has 0 N–H and O–H groups in total. The zero-order valence-electron chi connectivity index (χ0n) is 7.69. The Morgan fingerprint density at radius 2 is 2.31 bits per heavy atom. The van der Waals surface area contributed by atoms with Gasteiger partial charge >= 0.3 is 0 Å². The summed E-state index contributed by atoms with van der Waals surface area (Å²) in [6.07, 6.45) is 3.91. The lowest BCUT2D eigenvalue weighted by atomic mass is 10.4. The highest BCUT2D eigenvalue weighted by Gasteiger charge is 2.02. The smallest absolute Gasteiger partial charge is 0.0798 e. The van der Waals surface area contributed by atoms with Crippen LogP contribution in [-0.2, 0) is 6.54 Å². The number of aryl methyl sites for hydroxylation is 2. The van der Waals surface area contributed by atoms with Crippen LogP contribution >= 0.6 is 11.3 Å². The number of hydrogen-bond donors (Lipinski definition) is 0. The Labute approximate surface area is 81.1 Å². The molecule has 13 heavy (non-hydrogen) atoms. The summed E-state index contributed by atoms with van der Waals surface area (Å²) in [5.41, 5.74) is 4.18. The van der Waals surface area contributed by atoms with Crippen molar-refractivity contribution in [3.05, 3.63) is 34.0 Å². The summed E-state index contributed by atoms with van der Waals surface area (Å²) in [7, 11) is 0. The van der Waals surface area contributed by atoms with Crippen molar-refractivity contribution >= 4 is 11.3 Å². The predicted octanol–water partition coefficient (Wildman–Crippen LogP) is 2.00. The molecule has 3 nitrogen and oxygen atoms in total. The highest BCUT2D eigenvalue weighted by atomic mass is 32.1. The van der Waals surface area contributed by atoms with Crippen molar-refractivity contribution < 1.29 is 0 Å². The number of rotatable bonds is 2. The standard InChI is InChI=1S/C9H11N3S/c1-7-3-11-12(4-7)5-9-8(2)10-6-13-9/h3-4,6H,5H2,1-2H3. The van der Waals surface area contributed by atoms with Gasteiger partial charge < -0.3 is 0 Å². The van der Waals surface area contributed by atoms with E-state index in [1.54, 1.807) is 11.3 Å². The van der Waals surface area contributed by atoms with Crippen molar-refractivity contribution in [2.75, 3.05) is 0 Å². The maximum Gasteiger partial charge on any atom is 0.0798 e. The Kier molecular flexibility index (Phi) is 2.14. The van der Waals surface area contributed by atoms with Gasteiger partial charge in [-0.15, -0.1) is 11.3 Å². The second-order valence-corrected chi connectivity index (χ2v) is 4.02. The first kappa shape index (κ1) is 8.44. The Hall–Kier alpha value is -1.16. The molecule has 0 aromatic carbocycles. The molecular formula is C9H11N3S. The van der Waals surface area contributed by atoms with Crippen LogP contribution in [0.25, 0.3) is 0 Å². The fourth-order valence-electron chi connectivity index (χ4n) is 1.18. The summed E-state index contributed by atoms with van der Waals surface area (Å²) >= 11 is 1.68. The van der Waals surface area contributed by atoms with E-state index in [4.69, 9.17) is 0 Å². The van der Waals surface area contributed by atoms with Crippen molar-refractivity contribution in [1.29, 1.82) is 0 Å². The van der Waals surface area contributed by atoms with E-state index in [1.807, 2.05) is 36.4 Å². The average Bonchev–Trinajstić information content (AvgIpc) is 2.64. The molecule has 0 aliphatic rings. The van der Waals surface area contributed by atoms with E-state index in [2.05, 4.69) is 10.1 Å². The van der Waals surface area contributed by atoms with Gasteiger partial charge in [-0.05, 0) is 19.4 Å². The molecule has 2 aromatic heterocycles. The van der Waals surface area contributed by atoms with Gasteiger partial charge in [0.25, 0.3) is 0 Å². The molecule has 2 aromatic rings. The Morgan fingerprint density at radius 1 is 1.46 bits per heavy atom. The molecule has 0 saturated carbocycles. The molecule has 0 aliphatic carbocycles. The zero-order valence-corrected chi connectivity index (χ0v) is 8.51. The highest BCUT2D eigenvalue weighted by molar-refractivity contribution is 7.09. The first-order chi connectivity index (χ1) is 6.25. The minimum absolute atomic E-state index is 0.838. The summed E-state index contributed by atoms with van der Waals surface area (Å²) in [5, 5.41) is 4.23. The summed E-state index contributed by atoms with van der Waals surface area (Å²) < 4.78 is 1.94. The fourth-order valence-corrected chi connectivity index (χ4v) is 1.95. The number of hydrogen-bond acceptors (Lipinski definition) is 3. The van der Waals surface area contributed by atoms with Crippen LogP contribution < -0.4 is 0 Å². The number of thiazole rings is 1. The van der Waals surface area contributed by atoms with Gasteiger partial charge in [0.15, 0.2) is 0 Å². The van der Waals surface area contributed by atoms with Crippen LogP contribution in [0.3, 0.4) is 0 Å². The second kappa shape index (κ2) is 3.30. The molecule has 0 aliphatic heterocycles. The largest absolute Gasteiger partial charge is 0.267 e. The third kappa shape index (κ3) is 1.78. The van der Waals surface area contributed by atoms with Gasteiger partial charge in [-0.3, -0.25) is 4.68 Å². The third-order valence-electron chi connectivity index (χ3n) is 1.91. The van der Waals surface area contributed by atoms with Gasteiger partial charge in [-0.2, -0.15) is 5.10 Å². The average molecular weight is 193 g/mol. The van der Waals surface area contributed by atoms with Gasteiger partial charge in [-0.1, -0.05) is 0 Å². The summed E-state index contributed by atoms with van der Waals surface area (Å²) in [4.78, 5) is 5.48. The van der Waals surface area contributed by atoms with Crippen LogP contribution in [0.4, 0.5) is 0 Å². The van der Waals surface area contributed by atoms with Crippen LogP contribution in [0.2, 0.25) is 0 Å². The fraction of sp³-hybridized carbons (Fsp3) is 0.333. The van der Waals surface area contributed by atoms with Crippen LogP contribution in [-0.4, -0.2) is 14.8 Å². The maximum atomic E-state index is 4.23. The summed E-state index contributed by atoms with van der Waals surface area (Å²) in [5.74, 6) is 0. The first-order valence-electron chi connectivity index (χ1n) is 4.14. The van der Waals surface area contributed by atoms with Crippen molar-refractivity contribution in [3.8, 4) is 0 Å². The number of nitrogens with zero attached hydrogens (tertiary/aromatic N) is 3. The molecule has 0 radical (unpaired) electrons. The van der Waals surface area contributed by atoms with Gasteiger partial charge in [-0.25, -0.2) is 4.98 Å². The van der Waals surface area contributed by atoms with Crippen molar-refractivity contribution in [1.82, 2.24) is 14.8 Å². The monoisotopic (exact) mass is 193 g/mol. The van der Waals surface area contributed by atoms with Crippen LogP contribution in [0.5, 0.6) is 0 Å². The first-order valence-corrected chi connectivity index (χ1v) is 5.01. The summed E-state index contributed by atoms with van der Waals surface area (Å²) in [6.45, 7) is 4.91. The van der Waals surface area contributed by atoms with E-state index in [-0.39, 0.29) is 0 Å². The predicted molar refractivity (Wildman–Crippen MR) is 52.9 cm³/mol. The van der Waals surface area contributed by atoms with Gasteiger partial charge in [0.1, 0.15) is 0 Å². The Bertz CT molecular complexity index is 402. The lowest BCUT2D eigenvalue weighted by Gasteiger charge is -1.98. The summed E-state index contributed by atoms with van der Waals surface area (Å²) in [6, 6.07) is 0. The Morgan fingerprint density at radius 3 is 2.85 bits per heavy atom. The second-order valence-electron chi connectivity index (χ2n) is 3.08. The van der Waals surface area contributed by atoms with Crippen molar-refractivity contribution in [3.63, 3.8) is 0 Å². The molecule has 2 heterocycles. The molecule has 0 amide bonds. The van der Waals surface area contributed by atoms with Crippen molar-refractivity contribution in [2.24, 2.45) is 0 Å².